The summed E-state index contributed by atoms with van der Waals surface area (Å²) in [4.78, 5) is 16.7. The molecule has 5 rings (SSSR count). The number of rotatable bonds is 3. The molecule has 0 unspecified atom stereocenters. The van der Waals surface area contributed by atoms with Gasteiger partial charge in [0.05, 0.1) is 10.6 Å². The first kappa shape index (κ1) is 19.8. The molecule has 3 aromatic rings. The lowest BCUT2D eigenvalue weighted by atomic mass is 10.1. The second-order valence-corrected chi connectivity index (χ2v) is 8.42. The summed E-state index contributed by atoms with van der Waals surface area (Å²) in [6, 6.07) is 18.1. The summed E-state index contributed by atoms with van der Waals surface area (Å²) in [6.07, 6.45) is 1.49. The molecule has 0 spiro atoms. The summed E-state index contributed by atoms with van der Waals surface area (Å²) in [5, 5.41) is 16.3. The van der Waals surface area contributed by atoms with Crippen LogP contribution in [0.15, 0.2) is 80.7 Å². The summed E-state index contributed by atoms with van der Waals surface area (Å²) in [6.45, 7) is 0. The standard InChI is InChI=1S/C22H12Cl2N4O2S/c23-13-6-8-15(17(24)10-13)18-9-7-14(30-18)11-16-19(25)28-22(26-20(16)29)31-21(27-28)12-4-2-1-3-5-12/h1-11,25H/b16-11-,25-19?. The van der Waals surface area contributed by atoms with Gasteiger partial charge in [0.2, 0.25) is 5.17 Å². The first-order valence-electron chi connectivity index (χ1n) is 9.10. The van der Waals surface area contributed by atoms with E-state index in [0.717, 1.165) is 5.56 Å². The van der Waals surface area contributed by atoms with Gasteiger partial charge in [0.1, 0.15) is 16.6 Å². The smallest absolute Gasteiger partial charge is 0.283 e. The number of thioether (sulfide) groups is 1. The van der Waals surface area contributed by atoms with E-state index >= 15 is 0 Å². The molecular formula is C22H12Cl2N4O2S. The summed E-state index contributed by atoms with van der Waals surface area (Å²) in [5.74, 6) is 0.340. The molecule has 0 saturated carbocycles. The van der Waals surface area contributed by atoms with E-state index in [9.17, 15) is 4.79 Å². The van der Waals surface area contributed by atoms with Crippen LogP contribution in [0, 0.1) is 5.41 Å². The number of benzene rings is 2. The summed E-state index contributed by atoms with van der Waals surface area (Å²) in [5.41, 5.74) is 1.66. The highest BCUT2D eigenvalue weighted by Crippen LogP contribution is 2.33. The Morgan fingerprint density at radius 1 is 1.06 bits per heavy atom. The van der Waals surface area contributed by atoms with Gasteiger partial charge in [0.15, 0.2) is 5.84 Å². The van der Waals surface area contributed by atoms with Crippen LogP contribution in [0.1, 0.15) is 11.3 Å². The quantitative estimate of drug-likeness (QED) is 0.485. The molecule has 2 aliphatic heterocycles. The van der Waals surface area contributed by atoms with Gasteiger partial charge in [-0.15, -0.1) is 0 Å². The molecule has 1 amide bonds. The highest BCUT2D eigenvalue weighted by Gasteiger charge is 2.36. The molecule has 0 bridgehead atoms. The van der Waals surface area contributed by atoms with E-state index in [1.165, 1.54) is 22.8 Å². The second-order valence-electron chi connectivity index (χ2n) is 6.62. The van der Waals surface area contributed by atoms with Gasteiger partial charge < -0.3 is 4.42 Å². The Kier molecular flexibility index (Phi) is 5.02. The molecule has 0 aliphatic carbocycles. The van der Waals surface area contributed by atoms with Crippen LogP contribution >= 0.6 is 35.0 Å². The predicted octanol–water partition coefficient (Wildman–Crippen LogP) is 5.92. The third-order valence-electron chi connectivity index (χ3n) is 4.59. The van der Waals surface area contributed by atoms with Crippen molar-refractivity contribution in [3.8, 4) is 11.3 Å². The van der Waals surface area contributed by atoms with Gasteiger partial charge in [0, 0.05) is 16.1 Å². The number of hydrogen-bond donors (Lipinski definition) is 1. The second kappa shape index (κ2) is 7.85. The molecule has 1 aromatic heterocycles. The molecule has 6 nitrogen and oxygen atoms in total. The van der Waals surface area contributed by atoms with Crippen molar-refractivity contribution in [3.63, 3.8) is 0 Å². The fourth-order valence-electron chi connectivity index (χ4n) is 3.10. The van der Waals surface area contributed by atoms with E-state index in [1.807, 2.05) is 30.3 Å². The van der Waals surface area contributed by atoms with Crippen molar-refractivity contribution < 1.29 is 9.21 Å². The minimum atomic E-state index is -0.518. The molecule has 0 radical (unpaired) electrons. The van der Waals surface area contributed by atoms with Crippen molar-refractivity contribution >= 4 is 63.0 Å². The number of carbonyl (C=O) groups excluding carboxylic acids is 1. The summed E-state index contributed by atoms with van der Waals surface area (Å²) >= 11 is 13.5. The third-order valence-corrected chi connectivity index (χ3v) is 6.09. The van der Waals surface area contributed by atoms with Crippen LogP contribution in [0.2, 0.25) is 10.0 Å². The van der Waals surface area contributed by atoms with Crippen LogP contribution in [0.4, 0.5) is 0 Å². The van der Waals surface area contributed by atoms with Crippen LogP contribution in [0.5, 0.6) is 0 Å². The molecule has 0 atom stereocenters. The lowest BCUT2D eigenvalue weighted by Crippen LogP contribution is -2.35. The van der Waals surface area contributed by atoms with Gasteiger partial charge in [-0.2, -0.15) is 15.1 Å². The average Bonchev–Trinajstić information content (AvgIpc) is 3.39. The zero-order valence-electron chi connectivity index (χ0n) is 15.7. The Morgan fingerprint density at radius 3 is 2.65 bits per heavy atom. The van der Waals surface area contributed by atoms with Crippen molar-refractivity contribution in [2.24, 2.45) is 10.1 Å². The number of nitrogens with zero attached hydrogens (tertiary/aromatic N) is 3. The Hall–Kier alpha value is -3.13. The van der Waals surface area contributed by atoms with Crippen LogP contribution in [0.3, 0.4) is 0 Å². The first-order chi connectivity index (χ1) is 15.0. The third kappa shape index (κ3) is 3.72. The molecule has 3 heterocycles. The van der Waals surface area contributed by atoms with Crippen molar-refractivity contribution in [2.75, 3.05) is 0 Å². The van der Waals surface area contributed by atoms with E-state index in [0.29, 0.717) is 37.3 Å². The van der Waals surface area contributed by atoms with Crippen molar-refractivity contribution in [3.05, 3.63) is 87.6 Å². The van der Waals surface area contributed by atoms with Crippen LogP contribution < -0.4 is 0 Å². The fraction of sp³-hybridized carbons (Fsp3) is 0. The fourth-order valence-corrected chi connectivity index (χ4v) is 4.49. The minimum Gasteiger partial charge on any atom is -0.457 e. The van der Waals surface area contributed by atoms with Crippen molar-refractivity contribution in [2.45, 2.75) is 0 Å². The molecule has 2 aliphatic rings. The van der Waals surface area contributed by atoms with E-state index in [1.54, 1.807) is 30.3 Å². The number of carbonyl (C=O) groups is 1. The highest BCUT2D eigenvalue weighted by atomic mass is 35.5. The number of amidine groups is 2. The topological polar surface area (TPSA) is 82.0 Å². The maximum Gasteiger partial charge on any atom is 0.283 e. The Bertz CT molecular complexity index is 1330. The Labute approximate surface area is 191 Å². The number of aliphatic imine (C=N–C) groups is 1. The number of amides is 1. The lowest BCUT2D eigenvalue weighted by molar-refractivity contribution is -0.114. The highest BCUT2D eigenvalue weighted by molar-refractivity contribution is 8.27. The molecule has 9 heteroatoms. The van der Waals surface area contributed by atoms with Crippen LogP contribution in [0.25, 0.3) is 17.4 Å². The molecule has 152 valence electrons. The monoisotopic (exact) mass is 466 g/mol. The van der Waals surface area contributed by atoms with E-state index < -0.39 is 5.91 Å². The molecule has 0 saturated heterocycles. The van der Waals surface area contributed by atoms with Crippen LogP contribution in [-0.4, -0.2) is 27.0 Å². The van der Waals surface area contributed by atoms with Gasteiger partial charge >= 0.3 is 0 Å². The SMILES string of the molecule is N=C1/C(=C/c2ccc(-c3ccc(Cl)cc3Cl)o2)C(=O)N=C2SC(c3ccccc3)=NN12. The largest absolute Gasteiger partial charge is 0.457 e. The Balaban J connectivity index is 1.45. The summed E-state index contributed by atoms with van der Waals surface area (Å²) < 4.78 is 5.83. The molecule has 1 N–H and O–H groups in total. The van der Waals surface area contributed by atoms with Gasteiger partial charge in [-0.1, -0.05) is 53.5 Å². The van der Waals surface area contributed by atoms with E-state index in [2.05, 4.69) is 10.1 Å². The maximum absolute atomic E-state index is 12.6. The summed E-state index contributed by atoms with van der Waals surface area (Å²) in [7, 11) is 0. The number of hydrazone groups is 1. The van der Waals surface area contributed by atoms with E-state index in [4.69, 9.17) is 33.0 Å². The number of fused-ring (bicyclic) bond motifs is 1. The molecule has 2 aromatic carbocycles. The zero-order valence-corrected chi connectivity index (χ0v) is 18.0. The van der Waals surface area contributed by atoms with Gasteiger partial charge in [-0.25, -0.2) is 0 Å². The minimum absolute atomic E-state index is 0.0593. The van der Waals surface area contributed by atoms with E-state index in [-0.39, 0.29) is 11.4 Å². The number of nitrogens with one attached hydrogen (secondary N) is 1. The average molecular weight is 467 g/mol. The molecule has 31 heavy (non-hydrogen) atoms. The van der Waals surface area contributed by atoms with Gasteiger partial charge in [-0.05, 0) is 48.2 Å². The Morgan fingerprint density at radius 2 is 1.87 bits per heavy atom. The number of halogens is 2. The first-order valence-corrected chi connectivity index (χ1v) is 10.7. The number of furan rings is 1. The van der Waals surface area contributed by atoms with Gasteiger partial charge in [0.25, 0.3) is 5.91 Å². The maximum atomic E-state index is 12.6. The molecular weight excluding hydrogens is 455 g/mol. The molecule has 0 fully saturated rings. The van der Waals surface area contributed by atoms with Crippen molar-refractivity contribution in [1.29, 1.82) is 5.41 Å². The lowest BCUT2D eigenvalue weighted by Gasteiger charge is -2.19. The van der Waals surface area contributed by atoms with Gasteiger partial charge in [-0.3, -0.25) is 10.2 Å². The van der Waals surface area contributed by atoms with Crippen LogP contribution in [-0.2, 0) is 4.79 Å². The zero-order chi connectivity index (χ0) is 21.5. The normalized spacial score (nSPS) is 17.1. The number of hydrogen-bond acceptors (Lipinski definition) is 5. The predicted molar refractivity (Wildman–Crippen MR) is 125 cm³/mol. The van der Waals surface area contributed by atoms with Crippen molar-refractivity contribution in [1.82, 2.24) is 5.01 Å².